The number of benzene rings is 1. The van der Waals surface area contributed by atoms with Crippen LogP contribution in [0.4, 0.5) is 8.78 Å². The van der Waals surface area contributed by atoms with E-state index in [-0.39, 0.29) is 29.9 Å². The van der Waals surface area contributed by atoms with Crippen molar-refractivity contribution in [3.63, 3.8) is 0 Å². The summed E-state index contributed by atoms with van der Waals surface area (Å²) in [7, 11) is -3.23. The van der Waals surface area contributed by atoms with Crippen molar-refractivity contribution >= 4 is 15.9 Å². The highest BCUT2D eigenvalue weighted by molar-refractivity contribution is 7.89. The Hall–Kier alpha value is -1.74. The molecule has 140 valence electrons. The molecule has 1 heterocycles. The van der Waals surface area contributed by atoms with Gasteiger partial charge in [0.05, 0.1) is 5.75 Å². The third-order valence-electron chi connectivity index (χ3n) is 4.22. The lowest BCUT2D eigenvalue weighted by Crippen LogP contribution is -2.43. The topological polar surface area (TPSA) is 75.7 Å². The minimum Gasteiger partial charge on any atom is -0.434 e. The van der Waals surface area contributed by atoms with Crippen LogP contribution in [0.5, 0.6) is 5.75 Å². The van der Waals surface area contributed by atoms with Gasteiger partial charge in [0, 0.05) is 31.1 Å². The number of alkyl halides is 2. The molecule has 1 aromatic carbocycles. The molecule has 1 aliphatic heterocycles. The molecule has 0 spiro atoms. The number of carbonyl (C=O) groups is 1. The molecule has 25 heavy (non-hydrogen) atoms. The number of halogens is 2. The van der Waals surface area contributed by atoms with E-state index in [9.17, 15) is 22.0 Å². The summed E-state index contributed by atoms with van der Waals surface area (Å²) >= 11 is 0. The van der Waals surface area contributed by atoms with Crippen molar-refractivity contribution in [2.75, 3.05) is 18.8 Å². The normalized spacial score (nSPS) is 16.8. The van der Waals surface area contributed by atoms with Crippen LogP contribution in [0, 0.1) is 5.92 Å². The first-order chi connectivity index (χ1) is 11.8. The average molecular weight is 376 g/mol. The molecule has 0 radical (unpaired) electrons. The van der Waals surface area contributed by atoms with Crippen LogP contribution < -0.4 is 10.1 Å². The van der Waals surface area contributed by atoms with E-state index in [4.69, 9.17) is 0 Å². The van der Waals surface area contributed by atoms with Gasteiger partial charge in [-0.2, -0.15) is 8.78 Å². The van der Waals surface area contributed by atoms with E-state index in [0.717, 1.165) is 0 Å². The van der Waals surface area contributed by atoms with Crippen molar-refractivity contribution < 1.29 is 26.7 Å². The number of nitrogens with one attached hydrogen (secondary N) is 1. The van der Waals surface area contributed by atoms with Gasteiger partial charge in [0.15, 0.2) is 0 Å². The van der Waals surface area contributed by atoms with Gasteiger partial charge in [-0.1, -0.05) is 18.2 Å². The minimum absolute atomic E-state index is 0.0293. The largest absolute Gasteiger partial charge is 0.434 e. The van der Waals surface area contributed by atoms with Crippen LogP contribution in [0.1, 0.15) is 25.3 Å². The van der Waals surface area contributed by atoms with Gasteiger partial charge in [-0.05, 0) is 25.8 Å². The molecule has 0 atom stereocenters. The summed E-state index contributed by atoms with van der Waals surface area (Å²) in [5, 5.41) is 2.72. The quantitative estimate of drug-likeness (QED) is 0.789. The van der Waals surface area contributed by atoms with E-state index >= 15 is 0 Å². The number of hydrogen-bond donors (Lipinski definition) is 1. The molecule has 0 saturated carbocycles. The SMILES string of the molecule is CCS(=O)(=O)N1CCC(C(=O)NCc2ccccc2OC(F)F)CC1. The first-order valence-corrected chi connectivity index (χ1v) is 9.72. The summed E-state index contributed by atoms with van der Waals surface area (Å²) in [5.41, 5.74) is 0.460. The van der Waals surface area contributed by atoms with Crippen molar-refractivity contribution in [1.29, 1.82) is 0 Å². The first kappa shape index (κ1) is 19.6. The second kappa shape index (κ2) is 8.57. The molecule has 1 aromatic rings. The Morgan fingerprint density at radius 1 is 1.32 bits per heavy atom. The molecule has 0 aliphatic carbocycles. The highest BCUT2D eigenvalue weighted by Gasteiger charge is 2.30. The third kappa shape index (κ3) is 5.37. The Balaban J connectivity index is 1.88. The average Bonchev–Trinajstić information content (AvgIpc) is 2.60. The third-order valence-corrected chi connectivity index (χ3v) is 6.11. The van der Waals surface area contributed by atoms with Gasteiger partial charge in [0.25, 0.3) is 0 Å². The van der Waals surface area contributed by atoms with Crippen LogP contribution in [0.25, 0.3) is 0 Å². The monoisotopic (exact) mass is 376 g/mol. The van der Waals surface area contributed by atoms with Gasteiger partial charge in [0.2, 0.25) is 15.9 Å². The maximum absolute atomic E-state index is 12.4. The standard InChI is InChI=1S/C16H22F2N2O4S/c1-2-25(22,23)20-9-7-12(8-10-20)15(21)19-11-13-5-3-4-6-14(13)24-16(17)18/h3-6,12,16H,2,7-11H2,1H3,(H,19,21). The van der Waals surface area contributed by atoms with Gasteiger partial charge in [-0.25, -0.2) is 12.7 Å². The molecule has 0 bridgehead atoms. The van der Waals surface area contributed by atoms with E-state index in [1.807, 2.05) is 0 Å². The summed E-state index contributed by atoms with van der Waals surface area (Å²) in [6, 6.07) is 6.27. The molecule has 9 heteroatoms. The number of hydrogen-bond acceptors (Lipinski definition) is 4. The van der Waals surface area contributed by atoms with Crippen LogP contribution >= 0.6 is 0 Å². The predicted molar refractivity (Wildman–Crippen MR) is 88.7 cm³/mol. The molecule has 6 nitrogen and oxygen atoms in total. The van der Waals surface area contributed by atoms with E-state index in [1.54, 1.807) is 25.1 Å². The highest BCUT2D eigenvalue weighted by atomic mass is 32.2. The Kier molecular flexibility index (Phi) is 6.71. The molecule has 1 N–H and O–H groups in total. The molecule has 2 rings (SSSR count). The van der Waals surface area contributed by atoms with Gasteiger partial charge < -0.3 is 10.1 Å². The molecule has 0 unspecified atom stereocenters. The van der Waals surface area contributed by atoms with Crippen LogP contribution in [0.3, 0.4) is 0 Å². The molecule has 1 amide bonds. The number of piperidine rings is 1. The van der Waals surface area contributed by atoms with Crippen LogP contribution in [0.15, 0.2) is 24.3 Å². The van der Waals surface area contributed by atoms with E-state index in [1.165, 1.54) is 10.4 Å². The van der Waals surface area contributed by atoms with Crippen LogP contribution in [-0.4, -0.2) is 44.1 Å². The summed E-state index contributed by atoms with van der Waals surface area (Å²) in [6.07, 6.45) is 0.889. The second-order valence-electron chi connectivity index (χ2n) is 5.78. The Morgan fingerprint density at radius 3 is 2.56 bits per heavy atom. The lowest BCUT2D eigenvalue weighted by Gasteiger charge is -2.30. The maximum Gasteiger partial charge on any atom is 0.387 e. The number of carbonyl (C=O) groups excluding carboxylic acids is 1. The smallest absolute Gasteiger partial charge is 0.387 e. The van der Waals surface area contributed by atoms with Crippen LogP contribution in [-0.2, 0) is 21.4 Å². The zero-order chi connectivity index (χ0) is 18.4. The summed E-state index contributed by atoms with van der Waals surface area (Å²) in [5.74, 6) is -0.418. The summed E-state index contributed by atoms with van der Waals surface area (Å²) < 4.78 is 54.2. The number of para-hydroxylation sites is 1. The summed E-state index contributed by atoms with van der Waals surface area (Å²) in [4.78, 5) is 12.3. The first-order valence-electron chi connectivity index (χ1n) is 8.11. The van der Waals surface area contributed by atoms with Gasteiger partial charge in [-0.3, -0.25) is 4.79 Å². The Morgan fingerprint density at radius 2 is 1.96 bits per heavy atom. The Labute approximate surface area is 146 Å². The number of sulfonamides is 1. The zero-order valence-electron chi connectivity index (χ0n) is 14.0. The van der Waals surface area contributed by atoms with Crippen molar-refractivity contribution in [3.05, 3.63) is 29.8 Å². The van der Waals surface area contributed by atoms with Crippen molar-refractivity contribution in [1.82, 2.24) is 9.62 Å². The van der Waals surface area contributed by atoms with Gasteiger partial charge in [-0.15, -0.1) is 0 Å². The second-order valence-corrected chi connectivity index (χ2v) is 8.04. The zero-order valence-corrected chi connectivity index (χ0v) is 14.8. The number of amides is 1. The van der Waals surface area contributed by atoms with Crippen molar-refractivity contribution in [2.45, 2.75) is 32.9 Å². The number of nitrogens with zero attached hydrogens (tertiary/aromatic N) is 1. The van der Waals surface area contributed by atoms with Crippen molar-refractivity contribution in [3.8, 4) is 5.75 Å². The van der Waals surface area contributed by atoms with E-state index in [2.05, 4.69) is 10.1 Å². The van der Waals surface area contributed by atoms with Crippen LogP contribution in [0.2, 0.25) is 0 Å². The fourth-order valence-corrected chi connectivity index (χ4v) is 3.90. The maximum atomic E-state index is 12.4. The van der Waals surface area contributed by atoms with Crippen molar-refractivity contribution in [2.24, 2.45) is 5.92 Å². The molecule has 1 saturated heterocycles. The fraction of sp³-hybridized carbons (Fsp3) is 0.562. The van der Waals surface area contributed by atoms with E-state index < -0.39 is 16.6 Å². The number of rotatable bonds is 7. The molecular formula is C16H22F2N2O4S. The van der Waals surface area contributed by atoms with Gasteiger partial charge >= 0.3 is 6.61 Å². The molecule has 1 aliphatic rings. The van der Waals surface area contributed by atoms with E-state index in [0.29, 0.717) is 31.5 Å². The predicted octanol–water partition coefficient (Wildman–Crippen LogP) is 1.97. The lowest BCUT2D eigenvalue weighted by molar-refractivity contribution is -0.126. The molecule has 0 aromatic heterocycles. The highest BCUT2D eigenvalue weighted by Crippen LogP contribution is 2.22. The number of ether oxygens (including phenoxy) is 1. The summed E-state index contributed by atoms with van der Waals surface area (Å²) in [6.45, 7) is -0.623. The minimum atomic E-state index is -3.23. The van der Waals surface area contributed by atoms with Gasteiger partial charge in [0.1, 0.15) is 5.75 Å². The molecular weight excluding hydrogens is 354 g/mol. The lowest BCUT2D eigenvalue weighted by atomic mass is 9.97. The Bertz CT molecular complexity index is 689. The fourth-order valence-electron chi connectivity index (χ4n) is 2.77. The molecule has 1 fully saturated rings.